The third-order valence-electron chi connectivity index (χ3n) is 3.31. The molecular weight excluding hydrogens is 202 g/mol. The van der Waals surface area contributed by atoms with Crippen LogP contribution in [0, 0.1) is 0 Å². The summed E-state index contributed by atoms with van der Waals surface area (Å²) in [7, 11) is 1.90. The van der Waals surface area contributed by atoms with Crippen LogP contribution in [0.2, 0.25) is 0 Å². The Morgan fingerprint density at radius 2 is 2.19 bits per heavy atom. The molecule has 4 nitrogen and oxygen atoms in total. The summed E-state index contributed by atoms with van der Waals surface area (Å²) in [4.78, 5) is 0. The van der Waals surface area contributed by atoms with E-state index in [1.54, 1.807) is 0 Å². The molecule has 0 amide bonds. The number of aliphatic hydroxyl groups is 1. The molecule has 0 spiro atoms. The normalized spacial score (nSPS) is 18.0. The van der Waals surface area contributed by atoms with Crippen molar-refractivity contribution in [3.63, 3.8) is 0 Å². The molecule has 1 heterocycles. The van der Waals surface area contributed by atoms with Crippen molar-refractivity contribution in [2.24, 2.45) is 7.05 Å². The first kappa shape index (κ1) is 9.54. The molecule has 1 aliphatic rings. The minimum atomic E-state index is -0.0577. The van der Waals surface area contributed by atoms with Gasteiger partial charge < -0.3 is 9.67 Å². The van der Waals surface area contributed by atoms with Crippen LogP contribution in [-0.4, -0.2) is 19.9 Å². The number of benzene rings is 1. The Morgan fingerprint density at radius 3 is 2.88 bits per heavy atom. The zero-order valence-corrected chi connectivity index (χ0v) is 9.09. The molecule has 1 unspecified atom stereocenters. The quantitative estimate of drug-likeness (QED) is 0.813. The fraction of sp³-hybridized carbons (Fsp3) is 0.333. The molecule has 0 saturated carbocycles. The second-order valence-electron chi connectivity index (χ2n) is 4.15. The predicted molar refractivity (Wildman–Crippen MR) is 58.9 cm³/mol. The van der Waals surface area contributed by atoms with Crippen LogP contribution in [0.1, 0.15) is 28.7 Å². The molecule has 0 saturated heterocycles. The number of aliphatic hydroxyl groups excluding tert-OH is 1. The Bertz CT molecular complexity index is 533. The van der Waals surface area contributed by atoms with Crippen molar-refractivity contribution >= 4 is 0 Å². The van der Waals surface area contributed by atoms with Crippen molar-refractivity contribution in [1.82, 2.24) is 14.8 Å². The van der Waals surface area contributed by atoms with Crippen LogP contribution < -0.4 is 0 Å². The van der Waals surface area contributed by atoms with Crippen molar-refractivity contribution < 1.29 is 5.11 Å². The van der Waals surface area contributed by atoms with Gasteiger partial charge in [0.05, 0.1) is 0 Å². The summed E-state index contributed by atoms with van der Waals surface area (Å²) in [6, 6.07) is 8.39. The first-order valence-electron chi connectivity index (χ1n) is 5.38. The van der Waals surface area contributed by atoms with E-state index in [0.717, 1.165) is 12.2 Å². The Hall–Kier alpha value is -1.68. The van der Waals surface area contributed by atoms with Gasteiger partial charge >= 0.3 is 0 Å². The van der Waals surface area contributed by atoms with Crippen LogP contribution in [0.4, 0.5) is 0 Å². The average molecular weight is 215 g/mol. The molecule has 0 bridgehead atoms. The third-order valence-corrected chi connectivity index (χ3v) is 3.31. The Kier molecular flexibility index (Phi) is 2.04. The average Bonchev–Trinajstić information content (AvgIpc) is 2.62. The second kappa shape index (κ2) is 3.42. The molecule has 1 aliphatic carbocycles. The lowest BCUT2D eigenvalue weighted by atomic mass is 9.77. The summed E-state index contributed by atoms with van der Waals surface area (Å²) < 4.78 is 1.89. The summed E-state index contributed by atoms with van der Waals surface area (Å²) in [5.41, 5.74) is 2.73. The molecule has 82 valence electrons. The van der Waals surface area contributed by atoms with E-state index in [4.69, 9.17) is 5.11 Å². The van der Waals surface area contributed by atoms with E-state index < -0.39 is 0 Å². The highest BCUT2D eigenvalue weighted by Crippen LogP contribution is 2.38. The Balaban J connectivity index is 1.99. The van der Waals surface area contributed by atoms with Gasteiger partial charge in [0.2, 0.25) is 0 Å². The van der Waals surface area contributed by atoms with E-state index in [1.165, 1.54) is 11.1 Å². The highest BCUT2D eigenvalue weighted by molar-refractivity contribution is 5.44. The monoisotopic (exact) mass is 215 g/mol. The summed E-state index contributed by atoms with van der Waals surface area (Å²) in [5, 5.41) is 17.2. The number of rotatable bonds is 2. The maximum atomic E-state index is 9.08. The van der Waals surface area contributed by atoms with E-state index in [0.29, 0.717) is 11.7 Å². The van der Waals surface area contributed by atoms with Crippen LogP contribution in [0.15, 0.2) is 24.3 Å². The van der Waals surface area contributed by atoms with E-state index in [2.05, 4.69) is 28.4 Å². The van der Waals surface area contributed by atoms with Gasteiger partial charge in [-0.3, -0.25) is 0 Å². The lowest BCUT2D eigenvalue weighted by Gasteiger charge is -2.29. The van der Waals surface area contributed by atoms with Crippen LogP contribution in [-0.2, 0) is 20.1 Å². The van der Waals surface area contributed by atoms with Gasteiger partial charge in [-0.05, 0) is 17.5 Å². The number of fused-ring (bicyclic) bond motifs is 1. The molecule has 0 aliphatic heterocycles. The zero-order chi connectivity index (χ0) is 11.1. The van der Waals surface area contributed by atoms with Crippen molar-refractivity contribution in [2.75, 3.05) is 0 Å². The zero-order valence-electron chi connectivity index (χ0n) is 9.09. The van der Waals surface area contributed by atoms with E-state index in [-0.39, 0.29) is 6.61 Å². The molecule has 3 rings (SSSR count). The lowest BCUT2D eigenvalue weighted by Crippen LogP contribution is -2.21. The molecule has 1 aromatic carbocycles. The van der Waals surface area contributed by atoms with E-state index >= 15 is 0 Å². The largest absolute Gasteiger partial charge is 0.388 e. The molecule has 0 radical (unpaired) electrons. The highest BCUT2D eigenvalue weighted by atomic mass is 16.3. The van der Waals surface area contributed by atoms with Crippen LogP contribution in [0.3, 0.4) is 0 Å². The first-order chi connectivity index (χ1) is 7.81. The standard InChI is InChI=1S/C12H13N3O/c1-15-11(7-16)13-14-12(15)10-6-8-4-2-3-5-9(8)10/h2-5,10,16H,6-7H2,1H3. The smallest absolute Gasteiger partial charge is 0.158 e. The number of aromatic nitrogens is 3. The van der Waals surface area contributed by atoms with Crippen molar-refractivity contribution in [3.05, 3.63) is 47.0 Å². The predicted octanol–water partition coefficient (Wildman–Crippen LogP) is 0.995. The van der Waals surface area contributed by atoms with Crippen LogP contribution in [0.25, 0.3) is 0 Å². The van der Waals surface area contributed by atoms with Gasteiger partial charge in [0.25, 0.3) is 0 Å². The summed E-state index contributed by atoms with van der Waals surface area (Å²) in [5.74, 6) is 1.91. The van der Waals surface area contributed by atoms with Gasteiger partial charge in [0, 0.05) is 13.0 Å². The first-order valence-corrected chi connectivity index (χ1v) is 5.38. The number of hydrogen-bond donors (Lipinski definition) is 1. The molecule has 4 heteroatoms. The minimum Gasteiger partial charge on any atom is -0.388 e. The van der Waals surface area contributed by atoms with Gasteiger partial charge in [0.1, 0.15) is 12.4 Å². The van der Waals surface area contributed by atoms with Crippen LogP contribution in [0.5, 0.6) is 0 Å². The number of nitrogens with zero attached hydrogens (tertiary/aromatic N) is 3. The van der Waals surface area contributed by atoms with Gasteiger partial charge in [-0.25, -0.2) is 0 Å². The van der Waals surface area contributed by atoms with Gasteiger partial charge in [-0.1, -0.05) is 24.3 Å². The fourth-order valence-electron chi connectivity index (χ4n) is 2.31. The molecule has 1 aromatic heterocycles. The minimum absolute atomic E-state index is 0.0577. The van der Waals surface area contributed by atoms with Gasteiger partial charge in [0.15, 0.2) is 5.82 Å². The molecule has 1 N–H and O–H groups in total. The maximum absolute atomic E-state index is 9.08. The molecule has 0 fully saturated rings. The summed E-state index contributed by atoms with van der Waals surface area (Å²) in [6.45, 7) is -0.0577. The molecule has 2 aromatic rings. The lowest BCUT2D eigenvalue weighted by molar-refractivity contribution is 0.266. The number of hydrogen-bond acceptors (Lipinski definition) is 3. The molecular formula is C12H13N3O. The van der Waals surface area contributed by atoms with Crippen molar-refractivity contribution in [2.45, 2.75) is 18.9 Å². The highest BCUT2D eigenvalue weighted by Gasteiger charge is 2.30. The molecule has 16 heavy (non-hydrogen) atoms. The fourth-order valence-corrected chi connectivity index (χ4v) is 2.31. The topological polar surface area (TPSA) is 50.9 Å². The van der Waals surface area contributed by atoms with Crippen LogP contribution >= 0.6 is 0 Å². The Morgan fingerprint density at radius 1 is 1.38 bits per heavy atom. The SMILES string of the molecule is Cn1c(CO)nnc1C1Cc2ccccc21. The van der Waals surface area contributed by atoms with Crippen molar-refractivity contribution in [3.8, 4) is 0 Å². The summed E-state index contributed by atoms with van der Waals surface area (Å²) >= 11 is 0. The molecule has 1 atom stereocenters. The maximum Gasteiger partial charge on any atom is 0.158 e. The van der Waals surface area contributed by atoms with Gasteiger partial charge in [-0.15, -0.1) is 10.2 Å². The van der Waals surface area contributed by atoms with E-state index in [9.17, 15) is 0 Å². The van der Waals surface area contributed by atoms with Gasteiger partial charge in [-0.2, -0.15) is 0 Å². The van der Waals surface area contributed by atoms with Crippen molar-refractivity contribution in [1.29, 1.82) is 0 Å². The van der Waals surface area contributed by atoms with E-state index in [1.807, 2.05) is 17.7 Å². The second-order valence-corrected chi connectivity index (χ2v) is 4.15. The Labute approximate surface area is 93.6 Å². The third kappa shape index (κ3) is 1.20. The summed E-state index contributed by atoms with van der Waals surface area (Å²) in [6.07, 6.45) is 1.02.